The van der Waals surface area contributed by atoms with Gasteiger partial charge in [0.05, 0.1) is 6.04 Å². The van der Waals surface area contributed by atoms with Gasteiger partial charge in [-0.1, -0.05) is 55.1 Å². The Morgan fingerprint density at radius 3 is 2.67 bits per heavy atom. The number of benzene rings is 3. The van der Waals surface area contributed by atoms with Gasteiger partial charge < -0.3 is 20.9 Å². The Bertz CT molecular complexity index is 1600. The van der Waals surface area contributed by atoms with Gasteiger partial charge in [-0.05, 0) is 96.8 Å². The zero-order chi connectivity index (χ0) is 29.6. The molecule has 5 rings (SSSR count). The smallest absolute Gasteiger partial charge is 0.128 e. The minimum Gasteiger partial charge on any atom is -0.373 e. The molecule has 1 saturated heterocycles. The minimum absolute atomic E-state index is 0.265. The number of piperidine rings is 1. The molecule has 0 spiro atoms. The van der Waals surface area contributed by atoms with E-state index >= 15 is 0 Å². The molecule has 0 bridgehead atoms. The number of aliphatic imine (C=N–C) groups is 1. The first-order valence-corrected chi connectivity index (χ1v) is 14.6. The van der Waals surface area contributed by atoms with Gasteiger partial charge in [0.2, 0.25) is 0 Å². The van der Waals surface area contributed by atoms with Gasteiger partial charge in [-0.3, -0.25) is 0 Å². The summed E-state index contributed by atoms with van der Waals surface area (Å²) in [6, 6.07) is 21.6. The molecule has 0 amide bonds. The van der Waals surface area contributed by atoms with E-state index in [0.717, 1.165) is 81.9 Å². The molecule has 3 aromatic carbocycles. The molecule has 1 fully saturated rings. The van der Waals surface area contributed by atoms with E-state index in [1.807, 2.05) is 43.5 Å². The van der Waals surface area contributed by atoms with Crippen LogP contribution in [0.1, 0.15) is 52.4 Å². The van der Waals surface area contributed by atoms with Gasteiger partial charge in [0.15, 0.2) is 0 Å². The van der Waals surface area contributed by atoms with Gasteiger partial charge in [0, 0.05) is 48.7 Å². The van der Waals surface area contributed by atoms with E-state index in [9.17, 15) is 4.39 Å². The highest BCUT2D eigenvalue weighted by Gasteiger charge is 2.21. The molecule has 1 aliphatic rings. The summed E-state index contributed by atoms with van der Waals surface area (Å²) in [7, 11) is 0. The highest BCUT2D eigenvalue weighted by atomic mass is 19.1. The van der Waals surface area contributed by atoms with E-state index in [0.29, 0.717) is 6.42 Å². The molecule has 1 atom stereocenters. The van der Waals surface area contributed by atoms with Crippen LogP contribution in [0.5, 0.6) is 0 Å². The number of allylic oxidation sites excluding steroid dienone is 2. The van der Waals surface area contributed by atoms with Crippen molar-refractivity contribution in [1.82, 2.24) is 15.2 Å². The summed E-state index contributed by atoms with van der Waals surface area (Å²) in [6.07, 6.45) is 8.31. The third-order valence-corrected chi connectivity index (χ3v) is 7.90. The molecule has 0 saturated carbocycles. The van der Waals surface area contributed by atoms with Crippen molar-refractivity contribution >= 4 is 22.8 Å². The van der Waals surface area contributed by atoms with Gasteiger partial charge in [-0.15, -0.1) is 0 Å². The van der Waals surface area contributed by atoms with Crippen LogP contribution >= 0.6 is 0 Å². The summed E-state index contributed by atoms with van der Waals surface area (Å²) in [4.78, 5) is 10.6. The Labute approximate surface area is 248 Å². The molecule has 1 aliphatic heterocycles. The fraction of sp³-hybridized carbons (Fsp3) is 0.250. The zero-order valence-corrected chi connectivity index (χ0v) is 24.5. The quantitative estimate of drug-likeness (QED) is 0.140. The van der Waals surface area contributed by atoms with Crippen molar-refractivity contribution in [2.75, 3.05) is 13.1 Å². The van der Waals surface area contributed by atoms with Crippen molar-refractivity contribution in [1.29, 1.82) is 0 Å². The number of halogens is 1. The van der Waals surface area contributed by atoms with Crippen molar-refractivity contribution in [3.8, 4) is 0 Å². The summed E-state index contributed by atoms with van der Waals surface area (Å²) in [5.41, 5.74) is 14.0. The molecule has 0 aliphatic carbocycles. The van der Waals surface area contributed by atoms with Crippen LogP contribution in [0.2, 0.25) is 0 Å². The predicted molar refractivity (Wildman–Crippen MR) is 174 cm³/mol. The number of hydrogen-bond acceptors (Lipinski definition) is 4. The molecular formula is C36H40FN5. The van der Waals surface area contributed by atoms with E-state index in [1.165, 1.54) is 6.07 Å². The summed E-state index contributed by atoms with van der Waals surface area (Å²) in [5.74, 6) is 0.654. The topological polar surface area (TPSA) is 69.4 Å². The van der Waals surface area contributed by atoms with E-state index in [2.05, 4.69) is 65.6 Å². The molecule has 4 N–H and O–H groups in total. The number of aryl methyl sites for hydroxylation is 2. The standard InChI is InChI=1S/C36H40FN5/c1-5-8-35(42-17-14-31(38)15-18-42)39-16-13-27-19-24(2)20-29(21-27)26(4)40-36(32-23-30(37)12-11-25(32)3)34-22-28-9-6-7-10-33(28)41-34/h5-12,16,19-23,31,36,40-41H,1,4,13-15,17-18,38H2,2-3H3/b35-8+,39-16?. The molecule has 1 unspecified atom stereocenters. The molecular weight excluding hydrogens is 521 g/mol. The number of para-hydroxylation sites is 1. The van der Waals surface area contributed by atoms with Crippen LogP contribution in [-0.2, 0) is 6.42 Å². The molecule has 2 heterocycles. The van der Waals surface area contributed by atoms with Crippen LogP contribution in [0.3, 0.4) is 0 Å². The Morgan fingerprint density at radius 1 is 1.12 bits per heavy atom. The lowest BCUT2D eigenvalue weighted by atomic mass is 9.97. The Balaban J connectivity index is 1.38. The fourth-order valence-corrected chi connectivity index (χ4v) is 5.62. The number of aromatic amines is 1. The van der Waals surface area contributed by atoms with E-state index < -0.39 is 0 Å². The van der Waals surface area contributed by atoms with Gasteiger partial charge in [-0.25, -0.2) is 9.38 Å². The van der Waals surface area contributed by atoms with E-state index in [-0.39, 0.29) is 17.9 Å². The first-order valence-electron chi connectivity index (χ1n) is 14.6. The fourth-order valence-electron chi connectivity index (χ4n) is 5.62. The highest BCUT2D eigenvalue weighted by Crippen LogP contribution is 2.30. The maximum atomic E-state index is 14.5. The third-order valence-electron chi connectivity index (χ3n) is 7.90. The van der Waals surface area contributed by atoms with Crippen LogP contribution in [-0.4, -0.2) is 35.2 Å². The Hall–Kier alpha value is -4.42. The second-order valence-electron chi connectivity index (χ2n) is 11.2. The molecule has 6 heteroatoms. The number of rotatable bonds is 10. The van der Waals surface area contributed by atoms with Crippen LogP contribution in [0, 0.1) is 19.7 Å². The van der Waals surface area contributed by atoms with Crippen molar-refractivity contribution in [2.45, 2.75) is 45.2 Å². The average Bonchev–Trinajstić information content (AvgIpc) is 3.41. The maximum absolute atomic E-state index is 14.5. The predicted octanol–water partition coefficient (Wildman–Crippen LogP) is 7.34. The number of nitrogens with two attached hydrogens (primary N) is 1. The number of likely N-dealkylation sites (tertiary alicyclic amines) is 1. The van der Waals surface area contributed by atoms with Crippen LogP contribution in [0.25, 0.3) is 16.6 Å². The zero-order valence-electron chi connectivity index (χ0n) is 24.5. The second kappa shape index (κ2) is 13.0. The number of fused-ring (bicyclic) bond motifs is 1. The first-order chi connectivity index (χ1) is 20.3. The van der Waals surface area contributed by atoms with E-state index in [4.69, 9.17) is 10.7 Å². The lowest BCUT2D eigenvalue weighted by molar-refractivity contribution is 0.262. The summed E-state index contributed by atoms with van der Waals surface area (Å²) in [6.45, 7) is 14.2. The molecule has 216 valence electrons. The lowest BCUT2D eigenvalue weighted by Gasteiger charge is -2.31. The number of H-pyrrole nitrogens is 1. The van der Waals surface area contributed by atoms with Crippen molar-refractivity contribution < 1.29 is 4.39 Å². The number of nitrogens with zero attached hydrogens (tertiary/aromatic N) is 2. The largest absolute Gasteiger partial charge is 0.373 e. The first kappa shape index (κ1) is 29.1. The van der Waals surface area contributed by atoms with Crippen molar-refractivity contribution in [2.24, 2.45) is 10.7 Å². The van der Waals surface area contributed by atoms with Gasteiger partial charge in [-0.2, -0.15) is 0 Å². The van der Waals surface area contributed by atoms with E-state index in [1.54, 1.807) is 12.1 Å². The Kier molecular flexibility index (Phi) is 9.03. The number of hydrogen-bond donors (Lipinski definition) is 3. The minimum atomic E-state index is -0.310. The SMILES string of the molecule is C=C/C=C(\N=CCc1cc(C)cc(C(=C)NC(c2cc3ccccc3[nH]2)c2cc(F)ccc2C)c1)N1CCC(N)CC1. The van der Waals surface area contributed by atoms with Crippen LogP contribution < -0.4 is 11.1 Å². The van der Waals surface area contributed by atoms with Gasteiger partial charge >= 0.3 is 0 Å². The summed E-state index contributed by atoms with van der Waals surface area (Å²) in [5, 5.41) is 4.73. The molecule has 1 aromatic heterocycles. The second-order valence-corrected chi connectivity index (χ2v) is 11.2. The summed E-state index contributed by atoms with van der Waals surface area (Å²) < 4.78 is 14.5. The summed E-state index contributed by atoms with van der Waals surface area (Å²) >= 11 is 0. The number of nitrogens with one attached hydrogen (secondary N) is 2. The van der Waals surface area contributed by atoms with Crippen molar-refractivity contribution in [3.05, 3.63) is 137 Å². The van der Waals surface area contributed by atoms with Crippen LogP contribution in [0.15, 0.2) is 103 Å². The average molecular weight is 562 g/mol. The third kappa shape index (κ3) is 6.89. The molecule has 42 heavy (non-hydrogen) atoms. The molecule has 0 radical (unpaired) electrons. The van der Waals surface area contributed by atoms with Gasteiger partial charge in [0.1, 0.15) is 11.6 Å². The monoisotopic (exact) mass is 561 g/mol. The van der Waals surface area contributed by atoms with Crippen LogP contribution in [0.4, 0.5) is 4.39 Å². The number of aromatic nitrogens is 1. The van der Waals surface area contributed by atoms with Gasteiger partial charge in [0.25, 0.3) is 0 Å². The lowest BCUT2D eigenvalue weighted by Crippen LogP contribution is -2.38. The van der Waals surface area contributed by atoms with Crippen molar-refractivity contribution in [3.63, 3.8) is 0 Å². The highest BCUT2D eigenvalue weighted by molar-refractivity contribution is 5.80. The molecule has 5 nitrogen and oxygen atoms in total. The maximum Gasteiger partial charge on any atom is 0.128 e. The molecule has 4 aromatic rings. The normalized spacial score (nSPS) is 15.3. The Morgan fingerprint density at radius 2 is 1.90 bits per heavy atom.